The zero-order valence-corrected chi connectivity index (χ0v) is 11.8. The van der Waals surface area contributed by atoms with E-state index in [1.165, 1.54) is 6.07 Å². The van der Waals surface area contributed by atoms with E-state index in [-0.39, 0.29) is 5.69 Å². The van der Waals surface area contributed by atoms with Crippen molar-refractivity contribution < 1.29 is 9.66 Å². The van der Waals surface area contributed by atoms with Crippen LogP contribution in [-0.2, 0) is 4.74 Å². The van der Waals surface area contributed by atoms with Gasteiger partial charge in [0.1, 0.15) is 5.82 Å². The Morgan fingerprint density at radius 3 is 2.67 bits per heavy atom. The Morgan fingerprint density at radius 2 is 2.00 bits per heavy atom. The fraction of sp³-hybridized carbons (Fsp3) is 0.267. The average Bonchev–Trinajstić information content (AvgIpc) is 2.52. The summed E-state index contributed by atoms with van der Waals surface area (Å²) < 4.78 is 4.97. The molecule has 0 aliphatic heterocycles. The summed E-state index contributed by atoms with van der Waals surface area (Å²) in [5, 5.41) is 14.3. The minimum atomic E-state index is -0.413. The fourth-order valence-corrected chi connectivity index (χ4v) is 1.94. The molecule has 0 fully saturated rings. The molecule has 0 aliphatic carbocycles. The van der Waals surface area contributed by atoms with Crippen LogP contribution in [0.3, 0.4) is 0 Å². The molecule has 0 aliphatic rings. The van der Waals surface area contributed by atoms with E-state index in [2.05, 4.69) is 10.3 Å². The smallest absolute Gasteiger partial charge is 0.295 e. The van der Waals surface area contributed by atoms with E-state index in [9.17, 15) is 10.1 Å². The van der Waals surface area contributed by atoms with Crippen molar-refractivity contribution in [2.75, 3.05) is 25.6 Å². The number of benzene rings is 1. The van der Waals surface area contributed by atoms with Crippen molar-refractivity contribution in [2.24, 2.45) is 0 Å². The molecule has 0 amide bonds. The molecule has 6 nitrogen and oxygen atoms in total. The molecule has 2 aromatic rings. The predicted octanol–water partition coefficient (Wildman–Crippen LogP) is 3.11. The maximum absolute atomic E-state index is 11.1. The highest BCUT2D eigenvalue weighted by molar-refractivity contribution is 5.71. The van der Waals surface area contributed by atoms with E-state index in [1.807, 2.05) is 30.3 Å². The summed E-state index contributed by atoms with van der Waals surface area (Å²) in [7, 11) is 1.65. The van der Waals surface area contributed by atoms with E-state index in [4.69, 9.17) is 4.74 Å². The minimum absolute atomic E-state index is 0.00337. The van der Waals surface area contributed by atoms with Crippen LogP contribution >= 0.6 is 0 Å². The molecule has 6 heteroatoms. The molecule has 0 saturated heterocycles. The third kappa shape index (κ3) is 4.00. The molecular weight excluding hydrogens is 270 g/mol. The highest BCUT2D eigenvalue weighted by Crippen LogP contribution is 2.29. The van der Waals surface area contributed by atoms with Crippen LogP contribution in [0.5, 0.6) is 0 Å². The van der Waals surface area contributed by atoms with Gasteiger partial charge in [0.15, 0.2) is 5.69 Å². The lowest BCUT2D eigenvalue weighted by molar-refractivity contribution is -0.384. The highest BCUT2D eigenvalue weighted by Gasteiger charge is 2.17. The lowest BCUT2D eigenvalue weighted by Crippen LogP contribution is -2.07. The second-order valence-corrected chi connectivity index (χ2v) is 4.46. The van der Waals surface area contributed by atoms with E-state index in [0.29, 0.717) is 24.7 Å². The maximum atomic E-state index is 11.1. The summed E-state index contributed by atoms with van der Waals surface area (Å²) in [5.41, 5.74) is 1.10. The van der Waals surface area contributed by atoms with Gasteiger partial charge in [-0.15, -0.1) is 0 Å². The lowest BCUT2D eigenvalue weighted by atomic mass is 10.1. The van der Waals surface area contributed by atoms with Crippen LogP contribution in [0.4, 0.5) is 11.5 Å². The molecule has 0 radical (unpaired) electrons. The summed E-state index contributed by atoms with van der Waals surface area (Å²) in [5.74, 6) is 0.621. The van der Waals surface area contributed by atoms with Gasteiger partial charge in [-0.2, -0.15) is 0 Å². The predicted molar refractivity (Wildman–Crippen MR) is 81.3 cm³/mol. The number of ether oxygens (including phenoxy) is 1. The van der Waals surface area contributed by atoms with Crippen LogP contribution in [0, 0.1) is 10.1 Å². The summed E-state index contributed by atoms with van der Waals surface area (Å²) in [4.78, 5) is 15.1. The molecule has 1 N–H and O–H groups in total. The first-order chi connectivity index (χ1) is 10.2. The van der Waals surface area contributed by atoms with Crippen LogP contribution in [-0.4, -0.2) is 30.2 Å². The number of aromatic nitrogens is 1. The Hall–Kier alpha value is -2.47. The number of rotatable bonds is 7. The molecule has 0 unspecified atom stereocenters. The van der Waals surface area contributed by atoms with E-state index in [0.717, 1.165) is 12.0 Å². The number of nitrogens with one attached hydrogen (secondary N) is 1. The minimum Gasteiger partial charge on any atom is -0.385 e. The third-order valence-corrected chi connectivity index (χ3v) is 2.95. The van der Waals surface area contributed by atoms with Gasteiger partial charge in [-0.05, 0) is 12.5 Å². The van der Waals surface area contributed by atoms with Gasteiger partial charge in [-0.25, -0.2) is 4.98 Å². The summed E-state index contributed by atoms with van der Waals surface area (Å²) >= 11 is 0. The molecule has 0 saturated carbocycles. The Bertz CT molecular complexity index is 602. The lowest BCUT2D eigenvalue weighted by Gasteiger charge is -2.08. The van der Waals surface area contributed by atoms with Crippen LogP contribution in [0.1, 0.15) is 6.42 Å². The number of hydrogen-bond acceptors (Lipinski definition) is 5. The molecule has 2 rings (SSSR count). The zero-order valence-electron chi connectivity index (χ0n) is 11.8. The van der Waals surface area contributed by atoms with Crippen LogP contribution in [0.2, 0.25) is 0 Å². The van der Waals surface area contributed by atoms with Crippen molar-refractivity contribution in [2.45, 2.75) is 6.42 Å². The number of anilines is 1. The number of nitrogens with zero attached hydrogens (tertiary/aromatic N) is 2. The van der Waals surface area contributed by atoms with Crippen LogP contribution in [0.15, 0.2) is 42.5 Å². The Labute approximate surface area is 122 Å². The standard InChI is InChI=1S/C15H17N3O3/c1-21-11-5-10-16-14-9-8-13(18(19)20)15(17-14)12-6-3-2-4-7-12/h2-4,6-9H,5,10-11H2,1H3,(H,16,17). The number of nitro groups is 1. The Kier molecular flexibility index (Phi) is 5.22. The van der Waals surface area contributed by atoms with E-state index >= 15 is 0 Å². The summed E-state index contributed by atoms with van der Waals surface area (Å²) in [6.45, 7) is 1.36. The second-order valence-electron chi connectivity index (χ2n) is 4.46. The zero-order chi connectivity index (χ0) is 15.1. The third-order valence-electron chi connectivity index (χ3n) is 2.95. The molecule has 110 valence electrons. The normalized spacial score (nSPS) is 10.3. The van der Waals surface area contributed by atoms with Crippen LogP contribution < -0.4 is 5.32 Å². The highest BCUT2D eigenvalue weighted by atomic mass is 16.6. The van der Waals surface area contributed by atoms with Crippen molar-refractivity contribution >= 4 is 11.5 Å². The largest absolute Gasteiger partial charge is 0.385 e. The number of hydrogen-bond donors (Lipinski definition) is 1. The van der Waals surface area contributed by atoms with Crippen molar-refractivity contribution in [3.63, 3.8) is 0 Å². The maximum Gasteiger partial charge on any atom is 0.295 e. The van der Waals surface area contributed by atoms with E-state index < -0.39 is 4.92 Å². The Balaban J connectivity index is 2.25. The number of methoxy groups -OCH3 is 1. The van der Waals surface area contributed by atoms with Gasteiger partial charge >= 0.3 is 0 Å². The molecular formula is C15H17N3O3. The van der Waals surface area contributed by atoms with Crippen LogP contribution in [0.25, 0.3) is 11.3 Å². The monoisotopic (exact) mass is 287 g/mol. The summed E-state index contributed by atoms with van der Waals surface area (Å²) in [6.07, 6.45) is 0.843. The topological polar surface area (TPSA) is 77.3 Å². The molecule has 21 heavy (non-hydrogen) atoms. The molecule has 1 heterocycles. The average molecular weight is 287 g/mol. The van der Waals surface area contributed by atoms with E-state index in [1.54, 1.807) is 13.2 Å². The number of pyridine rings is 1. The molecule has 1 aromatic heterocycles. The second kappa shape index (κ2) is 7.35. The summed E-state index contributed by atoms with van der Waals surface area (Å²) in [6, 6.07) is 12.3. The van der Waals surface area contributed by atoms with Gasteiger partial charge in [0.05, 0.1) is 4.92 Å². The quantitative estimate of drug-likeness (QED) is 0.481. The SMILES string of the molecule is COCCCNc1ccc([N+](=O)[O-])c(-c2ccccc2)n1. The van der Waals surface area contributed by atoms with Gasteiger partial charge in [0, 0.05) is 31.9 Å². The van der Waals surface area contributed by atoms with Gasteiger partial charge in [-0.3, -0.25) is 10.1 Å². The molecule has 0 bridgehead atoms. The molecule has 0 atom stereocenters. The van der Waals surface area contributed by atoms with Gasteiger partial charge < -0.3 is 10.1 Å². The first-order valence-corrected chi connectivity index (χ1v) is 6.66. The fourth-order valence-electron chi connectivity index (χ4n) is 1.94. The van der Waals surface area contributed by atoms with Gasteiger partial charge in [0.2, 0.25) is 0 Å². The molecule has 1 aromatic carbocycles. The Morgan fingerprint density at radius 1 is 1.24 bits per heavy atom. The van der Waals surface area contributed by atoms with Crippen molar-refractivity contribution in [3.05, 3.63) is 52.6 Å². The first-order valence-electron chi connectivity index (χ1n) is 6.66. The van der Waals surface area contributed by atoms with Gasteiger partial charge in [0.25, 0.3) is 5.69 Å². The van der Waals surface area contributed by atoms with Crippen molar-refractivity contribution in [1.29, 1.82) is 0 Å². The van der Waals surface area contributed by atoms with Crippen molar-refractivity contribution in [1.82, 2.24) is 4.98 Å². The van der Waals surface area contributed by atoms with Crippen molar-refractivity contribution in [3.8, 4) is 11.3 Å². The molecule has 0 spiro atoms. The van der Waals surface area contributed by atoms with Gasteiger partial charge in [-0.1, -0.05) is 30.3 Å². The first kappa shape index (κ1) is 14.9.